The van der Waals surface area contributed by atoms with Gasteiger partial charge in [0.05, 0.1) is 17.5 Å². The number of aliphatic carboxylic acids is 1. The highest BCUT2D eigenvalue weighted by Crippen LogP contribution is 2.24. The van der Waals surface area contributed by atoms with Gasteiger partial charge in [-0.2, -0.15) is 9.59 Å². The molecule has 0 atom stereocenters. The molecule has 3 rings (SSSR count). The molecule has 0 aromatic heterocycles. The number of carbonyl (C=O) groups excluding carboxylic acids is 5. The fraction of sp³-hybridized carbons (Fsp3) is 0.410. The molecule has 3 aromatic rings. The summed E-state index contributed by atoms with van der Waals surface area (Å²) in [7, 11) is 0. The van der Waals surface area contributed by atoms with Crippen molar-refractivity contribution in [2.24, 2.45) is 0 Å². The zero-order valence-electron chi connectivity index (χ0n) is 30.8. The van der Waals surface area contributed by atoms with Crippen LogP contribution in [0.4, 0.5) is 0 Å². The average Bonchev–Trinajstić information content (AvgIpc) is 2.99. The molecule has 0 aliphatic heterocycles. The summed E-state index contributed by atoms with van der Waals surface area (Å²) in [4.78, 5) is 57.1. The first kappa shape index (κ1) is 50.8. The molecule has 3 aromatic carbocycles. The molecule has 10 nitrogen and oxygen atoms in total. The number of hydrogen-bond donors (Lipinski definition) is 1. The van der Waals surface area contributed by atoms with Crippen LogP contribution in [-0.4, -0.2) is 35.1 Å². The van der Waals surface area contributed by atoms with E-state index in [0.717, 1.165) is 22.3 Å². The number of carboxylic acids is 4. The van der Waals surface area contributed by atoms with Gasteiger partial charge in [0.15, 0.2) is 0 Å². The van der Waals surface area contributed by atoms with Crippen LogP contribution in [0.2, 0.25) is 0 Å². The third-order valence-electron chi connectivity index (χ3n) is 5.51. The first-order valence-electron chi connectivity index (χ1n) is 15.8. The molecule has 0 aliphatic carbocycles. The first-order chi connectivity index (χ1) is 22.8. The Balaban J connectivity index is -0.000000261. The molecule has 0 amide bonds. The molecule has 272 valence electrons. The molecule has 0 saturated carbocycles. The number of hydrogen-bond acceptors (Lipinski definition) is 9. The maximum Gasteiger partial charge on any atom is 0.373 e. The zero-order valence-corrected chi connectivity index (χ0v) is 30.8. The van der Waals surface area contributed by atoms with E-state index in [1.165, 1.54) is 18.9 Å². The largest absolute Gasteiger partial charge is 0.550 e. The van der Waals surface area contributed by atoms with E-state index >= 15 is 0 Å². The minimum absolute atomic E-state index is 0.0508. The van der Waals surface area contributed by atoms with Crippen molar-refractivity contribution >= 4 is 30.0 Å². The van der Waals surface area contributed by atoms with Gasteiger partial charge in [0.2, 0.25) is 0 Å². The van der Waals surface area contributed by atoms with Crippen LogP contribution in [0.5, 0.6) is 0 Å². The summed E-state index contributed by atoms with van der Waals surface area (Å²) in [6.07, 6.45) is 3.60. The Morgan fingerprint density at radius 3 is 1.18 bits per heavy atom. The Bertz CT molecular complexity index is 1360. The van der Waals surface area contributed by atoms with Crippen LogP contribution in [0.3, 0.4) is 0 Å². The van der Waals surface area contributed by atoms with Crippen molar-refractivity contribution in [3.8, 4) is 0 Å². The summed E-state index contributed by atoms with van der Waals surface area (Å²) in [5.41, 5.74) is 4.41. The Morgan fingerprint density at radius 2 is 0.980 bits per heavy atom. The summed E-state index contributed by atoms with van der Waals surface area (Å²) < 4.78 is 0. The zero-order chi connectivity index (χ0) is 39.2. The molecule has 1 N–H and O–H groups in total. The molecule has 0 fully saturated rings. The molecule has 0 spiro atoms. The second kappa shape index (κ2) is 30.3. The van der Waals surface area contributed by atoms with Crippen molar-refractivity contribution in [1.82, 2.24) is 0 Å². The number of carboxylic acid groups (broad SMARTS) is 4. The Labute approximate surface area is 291 Å². The minimum Gasteiger partial charge on any atom is -0.550 e. The summed E-state index contributed by atoms with van der Waals surface area (Å²) in [5.74, 6) is -4.04. The van der Waals surface area contributed by atoms with Crippen molar-refractivity contribution in [2.45, 2.75) is 107 Å². The van der Waals surface area contributed by atoms with Crippen molar-refractivity contribution in [1.29, 1.82) is 0 Å². The van der Waals surface area contributed by atoms with Crippen molar-refractivity contribution in [3.05, 3.63) is 106 Å². The molecule has 0 unspecified atom stereocenters. The second-order valence-corrected chi connectivity index (χ2v) is 11.4. The van der Waals surface area contributed by atoms with E-state index in [1.807, 2.05) is 18.2 Å². The third kappa shape index (κ3) is 27.7. The average molecular weight is 682 g/mol. The maximum absolute atomic E-state index is 10.7. The van der Waals surface area contributed by atoms with Gasteiger partial charge in [-0.3, -0.25) is 0 Å². The predicted molar refractivity (Wildman–Crippen MR) is 185 cm³/mol. The van der Waals surface area contributed by atoms with Gasteiger partial charge in [0.1, 0.15) is 0 Å². The van der Waals surface area contributed by atoms with Crippen LogP contribution in [0.1, 0.15) is 134 Å². The SMILES string of the molecule is CCC.CCC.CCCC(=O)[O-].Cc1cc(C(C)(C)C)ccc1C(=O)[O-].Cc1ccccc1C(=O)O.Cc1ccccc1C(=O)[O-].O=C=O. The smallest absolute Gasteiger partial charge is 0.373 e. The Morgan fingerprint density at radius 1 is 0.633 bits per heavy atom. The van der Waals surface area contributed by atoms with E-state index in [0.29, 0.717) is 12.0 Å². The second-order valence-electron chi connectivity index (χ2n) is 11.4. The van der Waals surface area contributed by atoms with Gasteiger partial charge < -0.3 is 34.8 Å². The van der Waals surface area contributed by atoms with E-state index in [2.05, 4.69) is 48.5 Å². The van der Waals surface area contributed by atoms with Gasteiger partial charge in [0, 0.05) is 17.1 Å². The summed E-state index contributed by atoms with van der Waals surface area (Å²) in [5, 5.41) is 39.0. The lowest BCUT2D eigenvalue weighted by Gasteiger charge is -2.20. The van der Waals surface area contributed by atoms with Crippen molar-refractivity contribution < 1.29 is 49.2 Å². The molecule has 0 saturated heterocycles. The highest BCUT2D eigenvalue weighted by molar-refractivity contribution is 5.89. The topological polar surface area (TPSA) is 192 Å². The lowest BCUT2D eigenvalue weighted by molar-refractivity contribution is -0.305. The van der Waals surface area contributed by atoms with Crippen molar-refractivity contribution in [2.75, 3.05) is 0 Å². The molecular formula is C39H53O10-3. The first-order valence-corrected chi connectivity index (χ1v) is 15.8. The molecule has 0 heterocycles. The van der Waals surface area contributed by atoms with Crippen LogP contribution >= 0.6 is 0 Å². The highest BCUT2D eigenvalue weighted by Gasteiger charge is 2.14. The van der Waals surface area contributed by atoms with Crippen LogP contribution in [0.25, 0.3) is 0 Å². The number of aryl methyl sites for hydroxylation is 3. The van der Waals surface area contributed by atoms with Crippen LogP contribution in [0.15, 0.2) is 66.7 Å². The normalized spacial score (nSPS) is 8.96. The van der Waals surface area contributed by atoms with Crippen molar-refractivity contribution in [3.63, 3.8) is 0 Å². The Hall–Kier alpha value is -5.08. The quantitative estimate of drug-likeness (QED) is 0.360. The number of carbonyl (C=O) groups is 4. The molecule has 49 heavy (non-hydrogen) atoms. The van der Waals surface area contributed by atoms with E-state index in [4.69, 9.17) is 14.7 Å². The monoisotopic (exact) mass is 681 g/mol. The highest BCUT2D eigenvalue weighted by atomic mass is 16.4. The lowest BCUT2D eigenvalue weighted by Crippen LogP contribution is -2.23. The minimum atomic E-state index is -1.11. The van der Waals surface area contributed by atoms with E-state index in [9.17, 15) is 34.5 Å². The standard InChI is InChI=1S/C12H16O2.2C8H8O2.C4H8O2.2C3H8.CO2/c1-8-7-9(12(2,3)4)5-6-10(8)11(13)14;2*1-6-4-2-3-5-7(6)8(9)10;1-2-3-4(5)6;2*1-3-2;2-1-3/h5-7H,1-4H3,(H,13,14);2*2-5H,1H3,(H,9,10);2-3H2,1H3,(H,5,6);2*3H2,1-2H3;/p-3. The number of aromatic carboxylic acids is 3. The van der Waals surface area contributed by atoms with Gasteiger partial charge >= 0.3 is 12.1 Å². The van der Waals surface area contributed by atoms with Gasteiger partial charge in [-0.15, -0.1) is 0 Å². The van der Waals surface area contributed by atoms with E-state index in [1.54, 1.807) is 70.2 Å². The summed E-state index contributed by atoms with van der Waals surface area (Å²) in [6, 6.07) is 19.0. The number of rotatable bonds is 5. The van der Waals surface area contributed by atoms with Gasteiger partial charge in [0.25, 0.3) is 0 Å². The molecule has 0 bridgehead atoms. The lowest BCUT2D eigenvalue weighted by atomic mass is 9.85. The van der Waals surface area contributed by atoms with Crippen LogP contribution in [0, 0.1) is 20.8 Å². The molecular weight excluding hydrogens is 628 g/mol. The maximum atomic E-state index is 10.7. The molecule has 10 heteroatoms. The fourth-order valence-electron chi connectivity index (χ4n) is 3.18. The van der Waals surface area contributed by atoms with Gasteiger partial charge in [-0.05, 0) is 60.9 Å². The molecule has 0 aliphatic rings. The van der Waals surface area contributed by atoms with Crippen LogP contribution < -0.4 is 15.3 Å². The third-order valence-corrected chi connectivity index (χ3v) is 5.51. The van der Waals surface area contributed by atoms with Gasteiger partial charge in [-0.1, -0.05) is 135 Å². The van der Waals surface area contributed by atoms with Crippen LogP contribution in [-0.2, 0) is 19.8 Å². The fourth-order valence-corrected chi connectivity index (χ4v) is 3.18. The van der Waals surface area contributed by atoms with E-state index in [-0.39, 0.29) is 29.1 Å². The predicted octanol–water partition coefficient (Wildman–Crippen LogP) is 5.49. The summed E-state index contributed by atoms with van der Waals surface area (Å²) in [6.45, 7) is 21.9. The van der Waals surface area contributed by atoms with E-state index < -0.39 is 23.9 Å². The summed E-state index contributed by atoms with van der Waals surface area (Å²) >= 11 is 0. The Kier molecular flexibility index (Phi) is 31.4. The van der Waals surface area contributed by atoms with Gasteiger partial charge in [-0.25, -0.2) is 4.79 Å². The number of benzene rings is 3. The molecule has 0 radical (unpaired) electrons.